The fourth-order valence-corrected chi connectivity index (χ4v) is 2.05. The Morgan fingerprint density at radius 1 is 1.33 bits per heavy atom. The number of carbonyl (C=O) groups is 1. The van der Waals surface area contributed by atoms with Gasteiger partial charge in [-0.3, -0.25) is 4.79 Å². The molecule has 0 radical (unpaired) electrons. The van der Waals surface area contributed by atoms with E-state index in [4.69, 9.17) is 11.6 Å². The van der Waals surface area contributed by atoms with Gasteiger partial charge in [-0.25, -0.2) is 4.98 Å². The summed E-state index contributed by atoms with van der Waals surface area (Å²) >= 11 is 9.27. The zero-order valence-corrected chi connectivity index (χ0v) is 11.9. The molecule has 0 saturated carbocycles. The third kappa shape index (κ3) is 2.71. The van der Waals surface area contributed by atoms with Crippen molar-refractivity contribution in [2.45, 2.75) is 6.92 Å². The van der Waals surface area contributed by atoms with Gasteiger partial charge in [0, 0.05) is 16.8 Å². The number of halogens is 2. The third-order valence-electron chi connectivity index (χ3n) is 2.52. The minimum absolute atomic E-state index is 0.205. The number of anilines is 1. The summed E-state index contributed by atoms with van der Waals surface area (Å²) in [6.45, 7) is 1.82. The highest BCUT2D eigenvalue weighted by Crippen LogP contribution is 2.22. The first-order valence-electron chi connectivity index (χ1n) is 5.26. The summed E-state index contributed by atoms with van der Waals surface area (Å²) in [6, 6.07) is 8.77. The quantitative estimate of drug-likeness (QED) is 0.846. The Bertz CT molecular complexity index is 601. The highest BCUT2D eigenvalue weighted by molar-refractivity contribution is 9.10. The Hall–Kier alpha value is -1.39. The molecule has 0 aliphatic heterocycles. The zero-order chi connectivity index (χ0) is 13.1. The second-order valence-corrected chi connectivity index (χ2v) is 4.87. The number of rotatable bonds is 2. The summed E-state index contributed by atoms with van der Waals surface area (Å²) in [6.07, 6.45) is 1.64. The van der Waals surface area contributed by atoms with Gasteiger partial charge in [-0.1, -0.05) is 17.7 Å². The van der Waals surface area contributed by atoms with E-state index in [1.807, 2.05) is 6.92 Å². The molecule has 0 bridgehead atoms. The molecule has 1 N–H and O–H groups in total. The fraction of sp³-hybridized carbons (Fsp3) is 0.0769. The Balaban J connectivity index is 2.28. The summed E-state index contributed by atoms with van der Waals surface area (Å²) in [4.78, 5) is 16.2. The lowest BCUT2D eigenvalue weighted by atomic mass is 10.1. The second kappa shape index (κ2) is 5.50. The number of hydrogen-bond donors (Lipinski definition) is 1. The molecule has 18 heavy (non-hydrogen) atoms. The van der Waals surface area contributed by atoms with E-state index in [0.29, 0.717) is 20.9 Å². The molecule has 0 atom stereocenters. The first-order chi connectivity index (χ1) is 8.59. The smallest absolute Gasteiger partial charge is 0.256 e. The number of carbonyl (C=O) groups excluding carboxylic acids is 1. The van der Waals surface area contributed by atoms with Crippen LogP contribution in [0, 0.1) is 6.92 Å². The van der Waals surface area contributed by atoms with Crippen molar-refractivity contribution in [2.24, 2.45) is 0 Å². The Kier molecular flexibility index (Phi) is 3.99. The van der Waals surface area contributed by atoms with E-state index in [1.165, 1.54) is 0 Å². The monoisotopic (exact) mass is 324 g/mol. The minimum atomic E-state index is -0.205. The van der Waals surface area contributed by atoms with Gasteiger partial charge in [0.15, 0.2) is 0 Å². The van der Waals surface area contributed by atoms with Crippen LogP contribution in [-0.4, -0.2) is 10.9 Å². The number of hydrogen-bond acceptors (Lipinski definition) is 2. The molecule has 1 aromatic carbocycles. The lowest BCUT2D eigenvalue weighted by Crippen LogP contribution is -2.14. The molecule has 2 aromatic rings. The number of aromatic nitrogens is 1. The lowest BCUT2D eigenvalue weighted by molar-refractivity contribution is 0.102. The van der Waals surface area contributed by atoms with Gasteiger partial charge >= 0.3 is 0 Å². The van der Waals surface area contributed by atoms with Crippen LogP contribution in [-0.2, 0) is 0 Å². The molecule has 0 aliphatic carbocycles. The molecule has 0 unspecified atom stereocenters. The zero-order valence-electron chi connectivity index (χ0n) is 9.58. The number of amides is 1. The maximum Gasteiger partial charge on any atom is 0.256 e. The summed E-state index contributed by atoms with van der Waals surface area (Å²) in [5.41, 5.74) is 1.94. The van der Waals surface area contributed by atoms with Gasteiger partial charge in [0.1, 0.15) is 4.60 Å². The fourth-order valence-electron chi connectivity index (χ4n) is 1.52. The van der Waals surface area contributed by atoms with Crippen molar-refractivity contribution in [1.82, 2.24) is 4.98 Å². The Morgan fingerprint density at radius 3 is 2.83 bits per heavy atom. The predicted molar refractivity (Wildman–Crippen MR) is 76.1 cm³/mol. The Labute approximate surface area is 118 Å². The van der Waals surface area contributed by atoms with Crippen molar-refractivity contribution >= 4 is 39.1 Å². The van der Waals surface area contributed by atoms with Gasteiger partial charge in [-0.2, -0.15) is 0 Å². The molecule has 1 heterocycles. The first kappa shape index (κ1) is 13.1. The number of benzene rings is 1. The van der Waals surface area contributed by atoms with Crippen LogP contribution in [0.25, 0.3) is 0 Å². The van der Waals surface area contributed by atoms with Gasteiger partial charge < -0.3 is 5.32 Å². The topological polar surface area (TPSA) is 42.0 Å². The minimum Gasteiger partial charge on any atom is -0.320 e. The van der Waals surface area contributed by atoms with Crippen molar-refractivity contribution in [1.29, 1.82) is 0 Å². The third-order valence-corrected chi connectivity index (χ3v) is 3.56. The SMILES string of the molecule is Cc1c(Cl)cccc1C(=O)Nc1cccnc1Br. The van der Waals surface area contributed by atoms with Gasteiger partial charge in [0.2, 0.25) is 0 Å². The summed E-state index contributed by atoms with van der Waals surface area (Å²) in [5.74, 6) is -0.205. The van der Waals surface area contributed by atoms with Crippen molar-refractivity contribution < 1.29 is 4.79 Å². The van der Waals surface area contributed by atoms with Crippen molar-refractivity contribution in [3.63, 3.8) is 0 Å². The average Bonchev–Trinajstić information content (AvgIpc) is 2.35. The summed E-state index contributed by atoms with van der Waals surface area (Å²) in [5, 5.41) is 3.36. The van der Waals surface area contributed by atoms with E-state index in [9.17, 15) is 4.79 Å². The van der Waals surface area contributed by atoms with Gasteiger partial charge in [0.25, 0.3) is 5.91 Å². The van der Waals surface area contributed by atoms with Crippen molar-refractivity contribution in [3.8, 4) is 0 Å². The van der Waals surface area contributed by atoms with E-state index in [2.05, 4.69) is 26.2 Å². The average molecular weight is 326 g/mol. The number of nitrogens with one attached hydrogen (secondary N) is 1. The standard InChI is InChI=1S/C13H10BrClN2O/c1-8-9(4-2-5-10(8)15)13(18)17-11-6-3-7-16-12(11)14/h2-7H,1H3,(H,17,18). The van der Waals surface area contributed by atoms with Crippen LogP contribution >= 0.6 is 27.5 Å². The summed E-state index contributed by atoms with van der Waals surface area (Å²) in [7, 11) is 0. The first-order valence-corrected chi connectivity index (χ1v) is 6.43. The molecule has 0 aliphatic rings. The molecule has 1 aromatic heterocycles. The van der Waals surface area contributed by atoms with Gasteiger partial charge in [-0.05, 0) is 52.7 Å². The van der Waals surface area contributed by atoms with E-state index in [-0.39, 0.29) is 5.91 Å². The van der Waals surface area contributed by atoms with Crippen molar-refractivity contribution in [2.75, 3.05) is 5.32 Å². The highest BCUT2D eigenvalue weighted by Gasteiger charge is 2.12. The molecule has 0 saturated heterocycles. The van der Waals surface area contributed by atoms with E-state index in [0.717, 1.165) is 5.56 Å². The van der Waals surface area contributed by atoms with Crippen LogP contribution in [0.4, 0.5) is 5.69 Å². The van der Waals surface area contributed by atoms with Crippen LogP contribution < -0.4 is 5.32 Å². The second-order valence-electron chi connectivity index (χ2n) is 3.71. The van der Waals surface area contributed by atoms with Gasteiger partial charge in [0.05, 0.1) is 5.69 Å². The molecule has 5 heteroatoms. The molecular formula is C13H10BrClN2O. The largest absolute Gasteiger partial charge is 0.320 e. The van der Waals surface area contributed by atoms with Gasteiger partial charge in [-0.15, -0.1) is 0 Å². The maximum atomic E-state index is 12.1. The highest BCUT2D eigenvalue weighted by atomic mass is 79.9. The van der Waals surface area contributed by atoms with Crippen LogP contribution in [0.5, 0.6) is 0 Å². The van der Waals surface area contributed by atoms with Crippen LogP contribution in [0.3, 0.4) is 0 Å². The van der Waals surface area contributed by atoms with E-state index >= 15 is 0 Å². The van der Waals surface area contributed by atoms with E-state index < -0.39 is 0 Å². The number of pyridine rings is 1. The molecule has 1 amide bonds. The Morgan fingerprint density at radius 2 is 2.11 bits per heavy atom. The lowest BCUT2D eigenvalue weighted by Gasteiger charge is -2.09. The molecular weight excluding hydrogens is 316 g/mol. The van der Waals surface area contributed by atoms with Crippen molar-refractivity contribution in [3.05, 3.63) is 57.3 Å². The number of nitrogens with zero attached hydrogens (tertiary/aromatic N) is 1. The molecule has 0 spiro atoms. The summed E-state index contributed by atoms with van der Waals surface area (Å²) < 4.78 is 0.595. The molecule has 0 fully saturated rings. The predicted octanol–water partition coefficient (Wildman–Crippen LogP) is 4.06. The van der Waals surface area contributed by atoms with E-state index in [1.54, 1.807) is 36.5 Å². The maximum absolute atomic E-state index is 12.1. The van der Waals surface area contributed by atoms with Crippen LogP contribution in [0.1, 0.15) is 15.9 Å². The molecule has 3 nitrogen and oxygen atoms in total. The molecule has 2 rings (SSSR count). The van der Waals surface area contributed by atoms with Crippen LogP contribution in [0.15, 0.2) is 41.1 Å². The van der Waals surface area contributed by atoms with Crippen LogP contribution in [0.2, 0.25) is 5.02 Å². The molecule has 92 valence electrons. The normalized spacial score (nSPS) is 10.2.